The molecule has 2 heterocycles. The number of rotatable bonds is 3. The van der Waals surface area contributed by atoms with Crippen molar-refractivity contribution in [1.82, 2.24) is 4.98 Å². The number of nitrogens with zero attached hydrogens (tertiary/aromatic N) is 2. The van der Waals surface area contributed by atoms with E-state index >= 15 is 0 Å². The minimum absolute atomic E-state index is 0.0462. The first-order valence-electron chi connectivity index (χ1n) is 5.67. The molecule has 0 aliphatic rings. The molecule has 0 unspecified atom stereocenters. The Kier molecular flexibility index (Phi) is 3.95. The molecule has 0 amide bonds. The standard InChI is InChI=1S/C13H10F3N3S/c1-8-4-5-20-10(8)7-18-12-9(6-17)2-3-11(19-12)13(14,15)16/h2-5H,7H2,1H3,(H,18,19). The van der Waals surface area contributed by atoms with Crippen molar-refractivity contribution < 1.29 is 13.2 Å². The number of halogens is 3. The summed E-state index contributed by atoms with van der Waals surface area (Å²) in [6.45, 7) is 2.25. The highest BCUT2D eigenvalue weighted by atomic mass is 32.1. The van der Waals surface area contributed by atoms with E-state index in [-0.39, 0.29) is 11.4 Å². The third kappa shape index (κ3) is 3.08. The molecule has 7 heteroatoms. The molecule has 0 aliphatic heterocycles. The van der Waals surface area contributed by atoms with Crippen molar-refractivity contribution in [2.75, 3.05) is 5.32 Å². The van der Waals surface area contributed by atoms with E-state index in [1.165, 1.54) is 11.3 Å². The second-order valence-corrected chi connectivity index (χ2v) is 5.08. The van der Waals surface area contributed by atoms with Crippen LogP contribution in [0.15, 0.2) is 23.6 Å². The maximum absolute atomic E-state index is 12.6. The van der Waals surface area contributed by atoms with Crippen molar-refractivity contribution in [2.45, 2.75) is 19.6 Å². The number of anilines is 1. The van der Waals surface area contributed by atoms with E-state index < -0.39 is 11.9 Å². The van der Waals surface area contributed by atoms with Crippen molar-refractivity contribution in [3.8, 4) is 6.07 Å². The van der Waals surface area contributed by atoms with Gasteiger partial charge < -0.3 is 5.32 Å². The molecule has 20 heavy (non-hydrogen) atoms. The zero-order valence-electron chi connectivity index (χ0n) is 10.5. The number of thiophene rings is 1. The molecule has 2 aromatic rings. The van der Waals surface area contributed by atoms with E-state index in [4.69, 9.17) is 5.26 Å². The molecule has 0 aromatic carbocycles. The number of hydrogen-bond donors (Lipinski definition) is 1. The second kappa shape index (κ2) is 5.51. The van der Waals surface area contributed by atoms with E-state index in [2.05, 4.69) is 10.3 Å². The van der Waals surface area contributed by atoms with Gasteiger partial charge in [0.05, 0.1) is 12.1 Å². The van der Waals surface area contributed by atoms with Crippen LogP contribution < -0.4 is 5.32 Å². The molecule has 104 valence electrons. The Hall–Kier alpha value is -2.07. The smallest absolute Gasteiger partial charge is 0.364 e. The Morgan fingerprint density at radius 3 is 2.65 bits per heavy atom. The molecule has 0 fully saturated rings. The third-order valence-electron chi connectivity index (χ3n) is 2.69. The molecule has 0 saturated carbocycles. The van der Waals surface area contributed by atoms with Crippen molar-refractivity contribution in [3.63, 3.8) is 0 Å². The molecule has 0 saturated heterocycles. The average molecular weight is 297 g/mol. The van der Waals surface area contributed by atoms with E-state index in [0.29, 0.717) is 6.54 Å². The predicted octanol–water partition coefficient (Wildman–Crippen LogP) is 3.95. The maximum atomic E-state index is 12.6. The molecule has 1 N–H and O–H groups in total. The molecule has 0 aliphatic carbocycles. The van der Waals surface area contributed by atoms with E-state index in [1.54, 1.807) is 0 Å². The van der Waals surface area contributed by atoms with Crippen LogP contribution in [0.2, 0.25) is 0 Å². The summed E-state index contributed by atoms with van der Waals surface area (Å²) in [6.07, 6.45) is -4.52. The molecule has 3 nitrogen and oxygen atoms in total. The Morgan fingerprint density at radius 1 is 1.35 bits per heavy atom. The zero-order valence-corrected chi connectivity index (χ0v) is 11.3. The van der Waals surface area contributed by atoms with Crippen LogP contribution in [0, 0.1) is 18.3 Å². The van der Waals surface area contributed by atoms with Gasteiger partial charge in [-0.1, -0.05) is 0 Å². The maximum Gasteiger partial charge on any atom is 0.433 e. The Morgan fingerprint density at radius 2 is 2.10 bits per heavy atom. The predicted molar refractivity (Wildman–Crippen MR) is 70.3 cm³/mol. The number of nitriles is 1. The van der Waals surface area contributed by atoms with Gasteiger partial charge in [-0.05, 0) is 36.1 Å². The van der Waals surface area contributed by atoms with Crippen molar-refractivity contribution in [1.29, 1.82) is 5.26 Å². The molecule has 0 bridgehead atoms. The lowest BCUT2D eigenvalue weighted by Gasteiger charge is -2.11. The van der Waals surface area contributed by atoms with Gasteiger partial charge in [-0.25, -0.2) is 4.98 Å². The summed E-state index contributed by atoms with van der Waals surface area (Å²) < 4.78 is 37.8. The summed E-state index contributed by atoms with van der Waals surface area (Å²) in [5, 5.41) is 13.6. The van der Waals surface area contributed by atoms with Crippen molar-refractivity contribution >= 4 is 17.2 Å². The van der Waals surface area contributed by atoms with Crippen LogP contribution in [-0.2, 0) is 12.7 Å². The minimum Gasteiger partial charge on any atom is -0.364 e. The van der Waals surface area contributed by atoms with Gasteiger partial charge in [-0.15, -0.1) is 11.3 Å². The van der Waals surface area contributed by atoms with E-state index in [0.717, 1.165) is 22.6 Å². The molecule has 2 aromatic heterocycles. The van der Waals surface area contributed by atoms with Gasteiger partial charge in [0.15, 0.2) is 0 Å². The summed E-state index contributed by atoms with van der Waals surface area (Å²) in [5.41, 5.74) is 0.127. The highest BCUT2D eigenvalue weighted by molar-refractivity contribution is 7.10. The Bertz CT molecular complexity index is 656. The second-order valence-electron chi connectivity index (χ2n) is 4.08. The van der Waals surface area contributed by atoms with Crippen molar-refractivity contribution in [2.24, 2.45) is 0 Å². The zero-order chi connectivity index (χ0) is 14.8. The number of hydrogen-bond acceptors (Lipinski definition) is 4. The van der Waals surface area contributed by atoms with Crippen LogP contribution in [0.4, 0.5) is 19.0 Å². The van der Waals surface area contributed by atoms with Gasteiger partial charge >= 0.3 is 6.18 Å². The topological polar surface area (TPSA) is 48.7 Å². The number of aromatic nitrogens is 1. The lowest BCUT2D eigenvalue weighted by atomic mass is 10.2. The molecular formula is C13H10F3N3S. The first-order valence-corrected chi connectivity index (χ1v) is 6.55. The summed E-state index contributed by atoms with van der Waals surface area (Å²) in [5.74, 6) is -0.0462. The summed E-state index contributed by atoms with van der Waals surface area (Å²) in [6, 6.07) is 5.68. The quantitative estimate of drug-likeness (QED) is 0.933. The van der Waals surface area contributed by atoms with Crippen LogP contribution in [0.3, 0.4) is 0 Å². The molecule has 0 atom stereocenters. The Labute approximate surface area is 117 Å². The van der Waals surface area contributed by atoms with Crippen LogP contribution >= 0.6 is 11.3 Å². The summed E-state index contributed by atoms with van der Waals surface area (Å²) >= 11 is 1.50. The number of pyridine rings is 1. The van der Waals surface area contributed by atoms with Crippen LogP contribution in [0.1, 0.15) is 21.7 Å². The first kappa shape index (κ1) is 14.3. The normalized spacial score (nSPS) is 11.2. The van der Waals surface area contributed by atoms with Crippen LogP contribution in [0.5, 0.6) is 0 Å². The molecule has 2 rings (SSSR count). The van der Waals surface area contributed by atoms with Crippen LogP contribution in [0.25, 0.3) is 0 Å². The fraction of sp³-hybridized carbons (Fsp3) is 0.231. The van der Waals surface area contributed by atoms with Gasteiger partial charge in [0.1, 0.15) is 17.6 Å². The van der Waals surface area contributed by atoms with Crippen molar-refractivity contribution in [3.05, 3.63) is 45.3 Å². The van der Waals surface area contributed by atoms with Gasteiger partial charge in [0.25, 0.3) is 0 Å². The number of aryl methyl sites for hydroxylation is 1. The van der Waals surface area contributed by atoms with E-state index in [9.17, 15) is 13.2 Å². The van der Waals surface area contributed by atoms with Gasteiger partial charge in [0.2, 0.25) is 0 Å². The average Bonchev–Trinajstić information content (AvgIpc) is 2.80. The summed E-state index contributed by atoms with van der Waals surface area (Å²) in [7, 11) is 0. The lowest BCUT2D eigenvalue weighted by molar-refractivity contribution is -0.141. The lowest BCUT2D eigenvalue weighted by Crippen LogP contribution is -2.11. The fourth-order valence-electron chi connectivity index (χ4n) is 1.59. The highest BCUT2D eigenvalue weighted by Crippen LogP contribution is 2.29. The van der Waals surface area contributed by atoms with E-state index in [1.807, 2.05) is 24.4 Å². The Balaban J connectivity index is 2.26. The number of alkyl halides is 3. The number of nitrogens with one attached hydrogen (secondary N) is 1. The fourth-order valence-corrected chi connectivity index (χ4v) is 2.44. The van der Waals surface area contributed by atoms with Crippen LogP contribution in [-0.4, -0.2) is 4.98 Å². The third-order valence-corrected chi connectivity index (χ3v) is 3.71. The van der Waals surface area contributed by atoms with Gasteiger partial charge in [-0.2, -0.15) is 18.4 Å². The molecule has 0 radical (unpaired) electrons. The van der Waals surface area contributed by atoms with Gasteiger partial charge in [-0.3, -0.25) is 0 Å². The molecular weight excluding hydrogens is 287 g/mol. The monoisotopic (exact) mass is 297 g/mol. The minimum atomic E-state index is -4.52. The highest BCUT2D eigenvalue weighted by Gasteiger charge is 2.33. The molecule has 0 spiro atoms. The van der Waals surface area contributed by atoms with Gasteiger partial charge in [0, 0.05) is 4.88 Å². The summed E-state index contributed by atoms with van der Waals surface area (Å²) in [4.78, 5) is 4.48. The SMILES string of the molecule is Cc1ccsc1CNc1nc(C(F)(F)F)ccc1C#N. The first-order chi connectivity index (χ1) is 9.41. The largest absolute Gasteiger partial charge is 0.433 e.